The Morgan fingerprint density at radius 2 is 2.20 bits per heavy atom. The second-order valence-electron chi connectivity index (χ2n) is 3.16. The summed E-state index contributed by atoms with van der Waals surface area (Å²) in [5.41, 5.74) is 7.35. The number of thiophene rings is 1. The number of aromatic amines is 1. The first-order valence-electron chi connectivity index (χ1n) is 4.49. The van der Waals surface area contributed by atoms with Crippen molar-refractivity contribution in [3.05, 3.63) is 30.5 Å². The van der Waals surface area contributed by atoms with Crippen LogP contribution in [0.4, 0.5) is 5.00 Å². The fourth-order valence-electron chi connectivity index (χ4n) is 1.44. The number of pyridine rings is 1. The minimum Gasteiger partial charge on any atom is -0.391 e. The number of imidazole rings is 1. The Kier molecular flexibility index (Phi) is 1.72. The number of H-pyrrole nitrogens is 1. The number of nitrogens with zero attached hydrogens (tertiary/aromatic N) is 2. The van der Waals surface area contributed by atoms with Crippen LogP contribution in [0.2, 0.25) is 0 Å². The van der Waals surface area contributed by atoms with E-state index in [-0.39, 0.29) is 0 Å². The summed E-state index contributed by atoms with van der Waals surface area (Å²) in [6.45, 7) is 0. The Hall–Kier alpha value is -1.88. The van der Waals surface area contributed by atoms with Gasteiger partial charge >= 0.3 is 0 Å². The van der Waals surface area contributed by atoms with Gasteiger partial charge in [0, 0.05) is 6.20 Å². The number of nitrogens with one attached hydrogen (secondary N) is 1. The van der Waals surface area contributed by atoms with E-state index in [1.807, 2.05) is 24.3 Å². The SMILES string of the molecule is Nc1ccc(-c2nc3ncccc3[nH]2)s1. The van der Waals surface area contributed by atoms with Crippen molar-refractivity contribution in [1.82, 2.24) is 15.0 Å². The third-order valence-corrected chi connectivity index (χ3v) is 3.04. The molecule has 3 N–H and O–H groups in total. The lowest BCUT2D eigenvalue weighted by molar-refractivity contribution is 1.31. The molecule has 0 unspecified atom stereocenters. The van der Waals surface area contributed by atoms with Gasteiger partial charge in [-0.1, -0.05) is 0 Å². The van der Waals surface area contributed by atoms with Crippen molar-refractivity contribution in [3.8, 4) is 10.7 Å². The Labute approximate surface area is 89.8 Å². The molecule has 0 bridgehead atoms. The second kappa shape index (κ2) is 3.06. The van der Waals surface area contributed by atoms with Crippen LogP contribution in [0.25, 0.3) is 21.9 Å². The molecule has 0 saturated heterocycles. The normalized spacial score (nSPS) is 10.9. The third kappa shape index (κ3) is 1.37. The molecule has 3 aromatic heterocycles. The molecule has 0 amide bonds. The van der Waals surface area contributed by atoms with Crippen molar-refractivity contribution in [3.63, 3.8) is 0 Å². The van der Waals surface area contributed by atoms with Gasteiger partial charge in [-0.2, -0.15) is 0 Å². The van der Waals surface area contributed by atoms with Crippen molar-refractivity contribution in [2.75, 3.05) is 5.73 Å². The van der Waals surface area contributed by atoms with E-state index in [0.29, 0.717) is 0 Å². The van der Waals surface area contributed by atoms with Gasteiger partial charge in [0.05, 0.1) is 15.4 Å². The molecular weight excluding hydrogens is 208 g/mol. The minimum atomic E-state index is 0.736. The molecule has 3 rings (SSSR count). The molecule has 0 aliphatic rings. The number of nitrogen functional groups attached to an aromatic ring is 1. The van der Waals surface area contributed by atoms with Crippen LogP contribution in [-0.2, 0) is 0 Å². The van der Waals surface area contributed by atoms with Gasteiger partial charge in [-0.15, -0.1) is 11.3 Å². The lowest BCUT2D eigenvalue weighted by Crippen LogP contribution is -1.74. The van der Waals surface area contributed by atoms with Gasteiger partial charge in [0.25, 0.3) is 0 Å². The zero-order chi connectivity index (χ0) is 10.3. The Morgan fingerprint density at radius 1 is 1.27 bits per heavy atom. The highest BCUT2D eigenvalue weighted by Gasteiger charge is 2.07. The zero-order valence-corrected chi connectivity index (χ0v) is 8.58. The molecule has 0 aliphatic carbocycles. The Balaban J connectivity index is 2.19. The predicted molar refractivity (Wildman–Crippen MR) is 61.6 cm³/mol. The zero-order valence-electron chi connectivity index (χ0n) is 7.77. The van der Waals surface area contributed by atoms with Gasteiger partial charge in [0.2, 0.25) is 0 Å². The monoisotopic (exact) mass is 216 g/mol. The summed E-state index contributed by atoms with van der Waals surface area (Å²) in [5, 5.41) is 0.790. The van der Waals surface area contributed by atoms with Crippen LogP contribution < -0.4 is 5.73 Å². The molecule has 4 nitrogen and oxygen atoms in total. The third-order valence-electron chi connectivity index (χ3n) is 2.12. The van der Waals surface area contributed by atoms with Gasteiger partial charge in [-0.05, 0) is 24.3 Å². The van der Waals surface area contributed by atoms with Crippen LogP contribution in [0.1, 0.15) is 0 Å². The lowest BCUT2D eigenvalue weighted by atomic mass is 10.4. The van der Waals surface area contributed by atoms with Crippen LogP contribution in [-0.4, -0.2) is 15.0 Å². The van der Waals surface area contributed by atoms with Gasteiger partial charge in [-0.3, -0.25) is 0 Å². The van der Waals surface area contributed by atoms with Crippen LogP contribution >= 0.6 is 11.3 Å². The van der Waals surface area contributed by atoms with E-state index >= 15 is 0 Å². The number of hydrogen-bond donors (Lipinski definition) is 2. The Morgan fingerprint density at radius 3 is 2.93 bits per heavy atom. The van der Waals surface area contributed by atoms with E-state index in [0.717, 1.165) is 26.9 Å². The fraction of sp³-hybridized carbons (Fsp3) is 0. The number of aromatic nitrogens is 3. The van der Waals surface area contributed by atoms with E-state index in [4.69, 9.17) is 5.73 Å². The number of fused-ring (bicyclic) bond motifs is 1. The smallest absolute Gasteiger partial charge is 0.178 e. The number of anilines is 1. The van der Waals surface area contributed by atoms with Gasteiger partial charge < -0.3 is 10.7 Å². The van der Waals surface area contributed by atoms with Gasteiger partial charge in [0.1, 0.15) is 0 Å². The van der Waals surface area contributed by atoms with Gasteiger partial charge in [0.15, 0.2) is 11.5 Å². The summed E-state index contributed by atoms with van der Waals surface area (Å²) >= 11 is 1.51. The maximum absolute atomic E-state index is 5.67. The van der Waals surface area contributed by atoms with E-state index in [9.17, 15) is 0 Å². The van der Waals surface area contributed by atoms with Crippen molar-refractivity contribution < 1.29 is 0 Å². The first kappa shape index (κ1) is 8.43. The largest absolute Gasteiger partial charge is 0.391 e. The van der Waals surface area contributed by atoms with E-state index < -0.39 is 0 Å². The maximum Gasteiger partial charge on any atom is 0.178 e. The number of nitrogens with two attached hydrogens (primary N) is 1. The summed E-state index contributed by atoms with van der Waals surface area (Å²) in [4.78, 5) is 12.8. The first-order chi connectivity index (χ1) is 7.33. The highest BCUT2D eigenvalue weighted by atomic mass is 32.1. The molecule has 0 saturated carbocycles. The molecule has 3 aromatic rings. The topological polar surface area (TPSA) is 67.6 Å². The summed E-state index contributed by atoms with van der Waals surface area (Å²) in [7, 11) is 0. The van der Waals surface area contributed by atoms with Crippen molar-refractivity contribution in [1.29, 1.82) is 0 Å². The molecule has 0 spiro atoms. The van der Waals surface area contributed by atoms with Crippen molar-refractivity contribution in [2.45, 2.75) is 0 Å². The standard InChI is InChI=1S/C10H8N4S/c11-8-4-3-7(15-8)10-13-6-2-1-5-12-9(6)14-10/h1-5H,11H2,(H,12,13,14). The Bertz CT molecular complexity index is 577. The average molecular weight is 216 g/mol. The van der Waals surface area contributed by atoms with Crippen LogP contribution in [0.15, 0.2) is 30.5 Å². The van der Waals surface area contributed by atoms with Crippen LogP contribution in [0.3, 0.4) is 0 Å². The maximum atomic E-state index is 5.67. The lowest BCUT2D eigenvalue weighted by Gasteiger charge is -1.86. The molecule has 0 atom stereocenters. The van der Waals surface area contributed by atoms with Crippen molar-refractivity contribution in [2.24, 2.45) is 0 Å². The molecule has 0 radical (unpaired) electrons. The first-order valence-corrected chi connectivity index (χ1v) is 5.31. The molecule has 0 fully saturated rings. The highest BCUT2D eigenvalue weighted by Crippen LogP contribution is 2.28. The average Bonchev–Trinajstić information content (AvgIpc) is 2.82. The fourth-order valence-corrected chi connectivity index (χ4v) is 2.16. The summed E-state index contributed by atoms with van der Waals surface area (Å²) in [6, 6.07) is 7.67. The van der Waals surface area contributed by atoms with Gasteiger partial charge in [-0.25, -0.2) is 9.97 Å². The molecular formula is C10H8N4S. The molecule has 3 heterocycles. The molecule has 74 valence electrons. The van der Waals surface area contributed by atoms with Crippen LogP contribution in [0.5, 0.6) is 0 Å². The quantitative estimate of drug-likeness (QED) is 0.655. The molecule has 0 aromatic carbocycles. The molecule has 5 heteroatoms. The number of rotatable bonds is 1. The minimum absolute atomic E-state index is 0.736. The summed E-state index contributed by atoms with van der Waals surface area (Å²) in [5.74, 6) is 0.824. The highest BCUT2D eigenvalue weighted by molar-refractivity contribution is 7.19. The summed E-state index contributed by atoms with van der Waals surface area (Å²) < 4.78 is 0. The summed E-state index contributed by atoms with van der Waals surface area (Å²) in [6.07, 6.45) is 1.73. The molecule has 0 aliphatic heterocycles. The molecule has 15 heavy (non-hydrogen) atoms. The van der Waals surface area contributed by atoms with E-state index in [1.165, 1.54) is 11.3 Å². The van der Waals surface area contributed by atoms with Crippen LogP contribution in [0, 0.1) is 0 Å². The van der Waals surface area contributed by atoms with E-state index in [2.05, 4.69) is 15.0 Å². The second-order valence-corrected chi connectivity index (χ2v) is 4.28. The van der Waals surface area contributed by atoms with Crippen molar-refractivity contribution >= 4 is 27.5 Å². The number of hydrogen-bond acceptors (Lipinski definition) is 4. The predicted octanol–water partition coefficient (Wildman–Crippen LogP) is 2.27. The van der Waals surface area contributed by atoms with E-state index in [1.54, 1.807) is 6.20 Å².